The van der Waals surface area contributed by atoms with Crippen LogP contribution in [-0.2, 0) is 4.79 Å². The van der Waals surface area contributed by atoms with Crippen LogP contribution in [0.25, 0.3) is 0 Å². The van der Waals surface area contributed by atoms with E-state index in [1.165, 1.54) is 4.90 Å². The lowest BCUT2D eigenvalue weighted by atomic mass is 10.3. The van der Waals surface area contributed by atoms with Crippen LogP contribution >= 0.6 is 11.8 Å². The predicted octanol–water partition coefficient (Wildman–Crippen LogP) is 0.930. The van der Waals surface area contributed by atoms with Gasteiger partial charge >= 0.3 is 12.0 Å². The lowest BCUT2D eigenvalue weighted by Crippen LogP contribution is -2.54. The van der Waals surface area contributed by atoms with Crippen LogP contribution in [0.2, 0.25) is 0 Å². The maximum Gasteiger partial charge on any atom is 0.327 e. The summed E-state index contributed by atoms with van der Waals surface area (Å²) in [6.07, 6.45) is 0.883. The quantitative estimate of drug-likeness (QED) is 0.685. The second kappa shape index (κ2) is 9.07. The molecular weight excluding hydrogens is 278 g/mol. The van der Waals surface area contributed by atoms with Gasteiger partial charge in [-0.3, -0.25) is 0 Å². The largest absolute Gasteiger partial charge is 0.480 e. The Bertz CT molecular complexity index is 324. The van der Waals surface area contributed by atoms with Crippen LogP contribution in [0.3, 0.4) is 0 Å². The molecule has 6 nitrogen and oxygen atoms in total. The third-order valence-corrected chi connectivity index (χ3v) is 4.52. The second-order valence-electron chi connectivity index (χ2n) is 4.73. The van der Waals surface area contributed by atoms with Gasteiger partial charge in [-0.05, 0) is 26.1 Å². The van der Waals surface area contributed by atoms with Crippen molar-refractivity contribution in [1.82, 2.24) is 15.1 Å². The van der Waals surface area contributed by atoms with Crippen LogP contribution < -0.4 is 5.32 Å². The number of carbonyl (C=O) groups is 2. The molecule has 0 aromatic carbocycles. The summed E-state index contributed by atoms with van der Waals surface area (Å²) in [6.45, 7) is 8.29. The van der Waals surface area contributed by atoms with Gasteiger partial charge in [-0.2, -0.15) is 11.8 Å². The van der Waals surface area contributed by atoms with Crippen LogP contribution in [0.1, 0.15) is 20.3 Å². The van der Waals surface area contributed by atoms with E-state index in [4.69, 9.17) is 5.11 Å². The molecule has 1 rings (SSSR count). The maximum absolute atomic E-state index is 12.0. The number of nitrogens with one attached hydrogen (secondary N) is 1. The Balaban J connectivity index is 2.32. The zero-order valence-corrected chi connectivity index (χ0v) is 13.1. The first kappa shape index (κ1) is 17.1. The summed E-state index contributed by atoms with van der Waals surface area (Å²) in [5.41, 5.74) is 0. The first-order valence-corrected chi connectivity index (χ1v) is 8.33. The summed E-state index contributed by atoms with van der Waals surface area (Å²) < 4.78 is 0. The minimum Gasteiger partial charge on any atom is -0.480 e. The van der Waals surface area contributed by atoms with Crippen LogP contribution in [0, 0.1) is 0 Å². The minimum atomic E-state index is -0.921. The van der Waals surface area contributed by atoms with Gasteiger partial charge in [0.05, 0.1) is 0 Å². The number of urea groups is 1. The highest BCUT2D eigenvalue weighted by molar-refractivity contribution is 7.99. The van der Waals surface area contributed by atoms with Crippen molar-refractivity contribution in [3.8, 4) is 0 Å². The summed E-state index contributed by atoms with van der Waals surface area (Å²) in [7, 11) is 0. The molecule has 116 valence electrons. The van der Waals surface area contributed by atoms with Gasteiger partial charge in [-0.25, -0.2) is 9.59 Å². The van der Waals surface area contributed by atoms with E-state index in [0.717, 1.165) is 31.8 Å². The Kier molecular flexibility index (Phi) is 7.76. The number of hydrogen-bond acceptors (Lipinski definition) is 4. The molecule has 1 atom stereocenters. The van der Waals surface area contributed by atoms with Gasteiger partial charge in [-0.15, -0.1) is 0 Å². The average Bonchev–Trinajstić information content (AvgIpc) is 2.47. The number of aliphatic carboxylic acids is 1. The number of amides is 2. The molecule has 0 bridgehead atoms. The van der Waals surface area contributed by atoms with Crippen molar-refractivity contribution in [2.45, 2.75) is 26.3 Å². The standard InChI is InChI=1S/C13H25N3O3S/c1-3-15(4-2)7-5-6-14-13(19)16-8-9-20-10-11(16)12(17)18/h11H,3-10H2,1-2H3,(H,14,19)(H,17,18). The third kappa shape index (κ3) is 5.20. The van der Waals surface area contributed by atoms with E-state index < -0.39 is 12.0 Å². The van der Waals surface area contributed by atoms with Gasteiger partial charge in [0.2, 0.25) is 0 Å². The molecule has 2 amide bonds. The van der Waals surface area contributed by atoms with E-state index in [9.17, 15) is 9.59 Å². The van der Waals surface area contributed by atoms with E-state index in [1.807, 2.05) is 0 Å². The average molecular weight is 303 g/mol. The van der Waals surface area contributed by atoms with Gasteiger partial charge in [0.1, 0.15) is 6.04 Å². The van der Waals surface area contributed by atoms with E-state index in [2.05, 4.69) is 24.1 Å². The third-order valence-electron chi connectivity index (χ3n) is 3.50. The SMILES string of the molecule is CCN(CC)CCCNC(=O)N1CCSCC1C(=O)O. The van der Waals surface area contributed by atoms with Crippen molar-refractivity contribution in [3.05, 3.63) is 0 Å². The molecule has 1 heterocycles. The lowest BCUT2D eigenvalue weighted by molar-refractivity contribution is -0.141. The Morgan fingerprint density at radius 2 is 2.10 bits per heavy atom. The number of thioether (sulfide) groups is 1. The van der Waals surface area contributed by atoms with E-state index in [0.29, 0.717) is 18.8 Å². The van der Waals surface area contributed by atoms with Crippen molar-refractivity contribution >= 4 is 23.8 Å². The molecular formula is C13H25N3O3S. The molecule has 0 aromatic rings. The molecule has 1 aliphatic heterocycles. The Morgan fingerprint density at radius 1 is 1.40 bits per heavy atom. The Hall–Kier alpha value is -0.950. The van der Waals surface area contributed by atoms with Crippen molar-refractivity contribution in [2.75, 3.05) is 44.2 Å². The highest BCUT2D eigenvalue weighted by atomic mass is 32.2. The highest BCUT2D eigenvalue weighted by Crippen LogP contribution is 2.16. The van der Waals surface area contributed by atoms with Crippen LogP contribution in [-0.4, -0.2) is 77.2 Å². The van der Waals surface area contributed by atoms with E-state index in [1.54, 1.807) is 11.8 Å². The number of nitrogens with zero attached hydrogens (tertiary/aromatic N) is 2. The molecule has 20 heavy (non-hydrogen) atoms. The molecule has 0 radical (unpaired) electrons. The molecule has 0 aliphatic carbocycles. The van der Waals surface area contributed by atoms with Crippen LogP contribution in [0.15, 0.2) is 0 Å². The van der Waals surface area contributed by atoms with Crippen LogP contribution in [0.5, 0.6) is 0 Å². The number of carbonyl (C=O) groups excluding carboxylic acids is 1. The summed E-state index contributed by atoms with van der Waals surface area (Å²) >= 11 is 1.58. The molecule has 2 N–H and O–H groups in total. The smallest absolute Gasteiger partial charge is 0.327 e. The molecule has 0 aromatic heterocycles. The summed E-state index contributed by atoms with van der Waals surface area (Å²) in [5.74, 6) is 0.356. The lowest BCUT2D eigenvalue weighted by Gasteiger charge is -2.32. The summed E-state index contributed by atoms with van der Waals surface area (Å²) in [4.78, 5) is 26.9. The van der Waals surface area contributed by atoms with Gasteiger partial charge in [-0.1, -0.05) is 13.8 Å². The molecule has 1 aliphatic rings. The van der Waals surface area contributed by atoms with Crippen molar-refractivity contribution in [1.29, 1.82) is 0 Å². The number of carboxylic acids is 1. The number of carboxylic acid groups (broad SMARTS) is 1. The first-order chi connectivity index (χ1) is 9.60. The number of hydrogen-bond donors (Lipinski definition) is 2. The summed E-state index contributed by atoms with van der Waals surface area (Å²) in [5, 5.41) is 12.0. The Labute approximate surface area is 124 Å². The fourth-order valence-electron chi connectivity index (χ4n) is 2.19. The molecule has 1 saturated heterocycles. The fraction of sp³-hybridized carbons (Fsp3) is 0.846. The Morgan fingerprint density at radius 3 is 2.70 bits per heavy atom. The van der Waals surface area contributed by atoms with Crippen molar-refractivity contribution in [2.24, 2.45) is 0 Å². The maximum atomic E-state index is 12.0. The van der Waals surface area contributed by atoms with Gasteiger partial charge in [0, 0.05) is 24.6 Å². The summed E-state index contributed by atoms with van der Waals surface area (Å²) in [6, 6.07) is -0.950. The zero-order chi connectivity index (χ0) is 15.0. The molecule has 0 spiro atoms. The minimum absolute atomic E-state index is 0.253. The van der Waals surface area contributed by atoms with Crippen LogP contribution in [0.4, 0.5) is 4.79 Å². The highest BCUT2D eigenvalue weighted by Gasteiger charge is 2.32. The first-order valence-electron chi connectivity index (χ1n) is 7.17. The number of rotatable bonds is 7. The zero-order valence-electron chi connectivity index (χ0n) is 12.3. The molecule has 1 unspecified atom stereocenters. The van der Waals surface area contributed by atoms with Crippen molar-refractivity contribution < 1.29 is 14.7 Å². The molecule has 1 fully saturated rings. The fourth-order valence-corrected chi connectivity index (χ4v) is 3.23. The predicted molar refractivity (Wildman–Crippen MR) is 81.3 cm³/mol. The van der Waals surface area contributed by atoms with Gasteiger partial charge in [0.25, 0.3) is 0 Å². The topological polar surface area (TPSA) is 72.9 Å². The molecule has 0 saturated carbocycles. The van der Waals surface area contributed by atoms with E-state index in [-0.39, 0.29) is 6.03 Å². The van der Waals surface area contributed by atoms with E-state index >= 15 is 0 Å². The monoisotopic (exact) mass is 303 g/mol. The van der Waals surface area contributed by atoms with Gasteiger partial charge < -0.3 is 20.2 Å². The van der Waals surface area contributed by atoms with Gasteiger partial charge in [0.15, 0.2) is 0 Å². The normalized spacial score (nSPS) is 19.1. The van der Waals surface area contributed by atoms with Crippen molar-refractivity contribution in [3.63, 3.8) is 0 Å². The second-order valence-corrected chi connectivity index (χ2v) is 5.88. The molecule has 7 heteroatoms.